The lowest BCUT2D eigenvalue weighted by Crippen LogP contribution is -2.28. The van der Waals surface area contributed by atoms with Gasteiger partial charge in [-0.25, -0.2) is 0 Å². The molecule has 0 saturated carbocycles. The van der Waals surface area contributed by atoms with Gasteiger partial charge in [0, 0.05) is 11.3 Å². The van der Waals surface area contributed by atoms with Crippen LogP contribution in [0.25, 0.3) is 39.1 Å². The molecule has 4 aliphatic carbocycles. The predicted octanol–water partition coefficient (Wildman–Crippen LogP) is 12.0. The molecule has 1 unspecified atom stereocenters. The Bertz CT molecular complexity index is 2230. The molecule has 5 aromatic rings. The Labute approximate surface area is 283 Å². The van der Waals surface area contributed by atoms with Gasteiger partial charge in [0.15, 0.2) is 0 Å². The van der Waals surface area contributed by atoms with Gasteiger partial charge in [0.05, 0.1) is 11.1 Å². The van der Waals surface area contributed by atoms with Crippen molar-refractivity contribution in [2.24, 2.45) is 4.99 Å². The van der Waals surface area contributed by atoms with Gasteiger partial charge in [-0.15, -0.1) is 0 Å². The first-order valence-electron chi connectivity index (χ1n) is 17.2. The number of aliphatic imine (C=N–C) groups is 1. The lowest BCUT2D eigenvalue weighted by molar-refractivity contribution is 0.708. The maximum absolute atomic E-state index is 5.21. The first-order valence-corrected chi connectivity index (χ1v) is 17.2. The van der Waals surface area contributed by atoms with Crippen LogP contribution in [0.3, 0.4) is 0 Å². The standard InChI is InChI=1S/C47H37N/c1-31(48-32(2)36-27-37(33-15-5-3-6-16-33)29-38(28-36)34-17-7-4-8-18-34)35-25-26-42-41-21-11-14-24-45(41)47(46(42)30-35)43-22-12-9-19-39(43)40-20-10-13-23-44(40)47/h3-10,12,15-22,24-30H,2,11,13-14,23H2,1H3. The van der Waals surface area contributed by atoms with E-state index >= 15 is 0 Å². The SMILES string of the molecule is C=C(N=C(C)c1ccc2c(c1)C1(C3=CCCC=C32)C2=C(C=CCC2)c2ccccc21)c1cc(-c2ccccc2)cc(-c2ccccc2)c1. The van der Waals surface area contributed by atoms with E-state index in [0.717, 1.165) is 59.3 Å². The van der Waals surface area contributed by atoms with Crippen LogP contribution >= 0.6 is 0 Å². The second-order valence-corrected chi connectivity index (χ2v) is 13.4. The van der Waals surface area contributed by atoms with E-state index in [1.54, 1.807) is 5.57 Å². The summed E-state index contributed by atoms with van der Waals surface area (Å²) >= 11 is 0. The van der Waals surface area contributed by atoms with E-state index in [9.17, 15) is 0 Å². The minimum Gasteiger partial charge on any atom is -0.253 e. The largest absolute Gasteiger partial charge is 0.253 e. The summed E-state index contributed by atoms with van der Waals surface area (Å²) in [5.41, 5.74) is 19.9. The van der Waals surface area contributed by atoms with Crippen molar-refractivity contribution in [1.82, 2.24) is 0 Å². The number of allylic oxidation sites excluding steroid dienone is 8. The van der Waals surface area contributed by atoms with E-state index in [4.69, 9.17) is 4.99 Å². The summed E-state index contributed by atoms with van der Waals surface area (Å²) in [7, 11) is 0. The van der Waals surface area contributed by atoms with E-state index in [1.807, 2.05) is 0 Å². The normalized spacial score (nSPS) is 19.0. The summed E-state index contributed by atoms with van der Waals surface area (Å²) in [4.78, 5) is 5.21. The van der Waals surface area contributed by atoms with Crippen molar-refractivity contribution in [3.8, 4) is 22.3 Å². The summed E-state index contributed by atoms with van der Waals surface area (Å²) in [6.45, 7) is 6.66. The molecule has 230 valence electrons. The maximum Gasteiger partial charge on any atom is 0.0685 e. The van der Waals surface area contributed by atoms with Gasteiger partial charge in [0.2, 0.25) is 0 Å². The molecule has 0 bridgehead atoms. The highest BCUT2D eigenvalue weighted by Gasteiger charge is 2.54. The average Bonchev–Trinajstić information content (AvgIpc) is 3.62. The molecule has 0 radical (unpaired) electrons. The number of rotatable bonds is 5. The van der Waals surface area contributed by atoms with Gasteiger partial charge < -0.3 is 0 Å². The van der Waals surface area contributed by atoms with Gasteiger partial charge in [-0.3, -0.25) is 4.99 Å². The molecule has 0 saturated heterocycles. The van der Waals surface area contributed by atoms with E-state index in [1.165, 1.54) is 50.1 Å². The molecular weight excluding hydrogens is 579 g/mol. The van der Waals surface area contributed by atoms with Crippen molar-refractivity contribution >= 4 is 22.6 Å². The Balaban J connectivity index is 1.17. The molecular formula is C47H37N. The van der Waals surface area contributed by atoms with Gasteiger partial charge in [0.1, 0.15) is 0 Å². The summed E-state index contributed by atoms with van der Waals surface area (Å²) in [6.07, 6.45) is 14.1. The summed E-state index contributed by atoms with van der Waals surface area (Å²) in [5, 5.41) is 0. The second-order valence-electron chi connectivity index (χ2n) is 13.4. The Morgan fingerprint density at radius 2 is 1.31 bits per heavy atom. The lowest BCUT2D eigenvalue weighted by atomic mass is 9.67. The fourth-order valence-electron chi connectivity index (χ4n) is 8.59. The summed E-state index contributed by atoms with van der Waals surface area (Å²) in [5.74, 6) is 0. The quantitative estimate of drug-likeness (QED) is 0.174. The Morgan fingerprint density at radius 3 is 2.06 bits per heavy atom. The number of hydrogen-bond donors (Lipinski definition) is 0. The maximum atomic E-state index is 5.21. The Hall–Kier alpha value is -5.53. The fraction of sp³-hybridized carbons (Fsp3) is 0.128. The van der Waals surface area contributed by atoms with Crippen LogP contribution in [-0.2, 0) is 5.41 Å². The zero-order chi connectivity index (χ0) is 32.2. The highest BCUT2D eigenvalue weighted by Crippen LogP contribution is 2.65. The Morgan fingerprint density at radius 1 is 0.625 bits per heavy atom. The molecule has 5 aromatic carbocycles. The zero-order valence-corrected chi connectivity index (χ0v) is 27.3. The van der Waals surface area contributed by atoms with Gasteiger partial charge in [-0.2, -0.15) is 0 Å². The van der Waals surface area contributed by atoms with Crippen molar-refractivity contribution in [2.45, 2.75) is 38.0 Å². The minimum atomic E-state index is -0.236. The number of benzene rings is 5. The first kappa shape index (κ1) is 28.7. The van der Waals surface area contributed by atoms with E-state index in [-0.39, 0.29) is 5.41 Å². The minimum absolute atomic E-state index is 0.236. The third kappa shape index (κ3) is 4.34. The van der Waals surface area contributed by atoms with Crippen molar-refractivity contribution in [3.63, 3.8) is 0 Å². The molecule has 1 atom stereocenters. The number of nitrogens with zero attached hydrogens (tertiary/aromatic N) is 1. The highest BCUT2D eigenvalue weighted by molar-refractivity contribution is 6.06. The van der Waals surface area contributed by atoms with Gasteiger partial charge >= 0.3 is 0 Å². The summed E-state index contributed by atoms with van der Waals surface area (Å²) in [6, 6.07) is 44.1. The van der Waals surface area contributed by atoms with E-state index < -0.39 is 0 Å². The zero-order valence-electron chi connectivity index (χ0n) is 27.3. The molecule has 0 heterocycles. The van der Waals surface area contributed by atoms with Crippen molar-refractivity contribution < 1.29 is 0 Å². The second kappa shape index (κ2) is 11.3. The van der Waals surface area contributed by atoms with Crippen molar-refractivity contribution in [2.75, 3.05) is 0 Å². The van der Waals surface area contributed by atoms with Crippen LogP contribution < -0.4 is 0 Å². The molecule has 0 amide bonds. The van der Waals surface area contributed by atoms with E-state index in [2.05, 4.69) is 159 Å². The van der Waals surface area contributed by atoms with Gasteiger partial charge in [0.25, 0.3) is 0 Å². The molecule has 9 rings (SSSR count). The molecule has 0 aromatic heterocycles. The monoisotopic (exact) mass is 615 g/mol. The molecule has 0 aliphatic heterocycles. The molecule has 1 nitrogen and oxygen atoms in total. The highest BCUT2D eigenvalue weighted by atomic mass is 14.8. The van der Waals surface area contributed by atoms with Crippen LogP contribution in [-0.4, -0.2) is 5.71 Å². The van der Waals surface area contributed by atoms with Crippen LogP contribution in [0.2, 0.25) is 0 Å². The first-order chi connectivity index (χ1) is 23.6. The van der Waals surface area contributed by atoms with Crippen molar-refractivity contribution in [1.29, 1.82) is 0 Å². The number of hydrogen-bond acceptors (Lipinski definition) is 1. The van der Waals surface area contributed by atoms with Crippen molar-refractivity contribution in [3.05, 3.63) is 197 Å². The molecule has 4 aliphatic rings. The number of fused-ring (bicyclic) bond motifs is 9. The fourth-order valence-corrected chi connectivity index (χ4v) is 8.59. The predicted molar refractivity (Wildman–Crippen MR) is 203 cm³/mol. The topological polar surface area (TPSA) is 12.4 Å². The molecule has 48 heavy (non-hydrogen) atoms. The molecule has 1 spiro atoms. The summed E-state index contributed by atoms with van der Waals surface area (Å²) < 4.78 is 0. The van der Waals surface area contributed by atoms with Gasteiger partial charge in [-0.05, 0) is 129 Å². The molecule has 1 heteroatoms. The third-order valence-corrected chi connectivity index (χ3v) is 10.7. The van der Waals surface area contributed by atoms with Crippen LogP contribution in [0.15, 0.2) is 168 Å². The molecule has 0 fully saturated rings. The smallest absolute Gasteiger partial charge is 0.0685 e. The van der Waals surface area contributed by atoms with Crippen LogP contribution in [0.1, 0.15) is 66.0 Å². The van der Waals surface area contributed by atoms with Crippen LogP contribution in [0, 0.1) is 0 Å². The molecule has 0 N–H and O–H groups in total. The third-order valence-electron chi connectivity index (χ3n) is 10.7. The van der Waals surface area contributed by atoms with E-state index in [0.29, 0.717) is 0 Å². The average molecular weight is 616 g/mol. The Kier molecular flexibility index (Phi) is 6.76. The van der Waals surface area contributed by atoms with Gasteiger partial charge in [-0.1, -0.05) is 128 Å². The lowest BCUT2D eigenvalue weighted by Gasteiger charge is -2.34. The van der Waals surface area contributed by atoms with Crippen LogP contribution in [0.5, 0.6) is 0 Å². The van der Waals surface area contributed by atoms with Crippen LogP contribution in [0.4, 0.5) is 0 Å².